The normalized spacial score (nSPS) is 10.9. The maximum absolute atomic E-state index is 10.9. The second-order valence-corrected chi connectivity index (χ2v) is 3.64. The van der Waals surface area contributed by atoms with Gasteiger partial charge in [0.15, 0.2) is 11.5 Å². The van der Waals surface area contributed by atoms with E-state index in [4.69, 9.17) is 14.6 Å². The van der Waals surface area contributed by atoms with E-state index in [1.165, 1.54) is 27.0 Å². The van der Waals surface area contributed by atoms with Crippen molar-refractivity contribution in [1.29, 1.82) is 0 Å². The quantitative estimate of drug-likeness (QED) is 0.503. The van der Waals surface area contributed by atoms with Gasteiger partial charge >= 0.3 is 11.9 Å². The zero-order valence-electron chi connectivity index (χ0n) is 10.4. The van der Waals surface area contributed by atoms with Gasteiger partial charge in [-0.25, -0.2) is 4.79 Å². The van der Waals surface area contributed by atoms with Gasteiger partial charge in [-0.3, -0.25) is 4.79 Å². The number of esters is 1. The fraction of sp³-hybridized carbons (Fsp3) is 0.231. The molecular weight excluding hydrogens is 236 g/mol. The van der Waals surface area contributed by atoms with Gasteiger partial charge in [0.2, 0.25) is 0 Å². The van der Waals surface area contributed by atoms with E-state index >= 15 is 0 Å². The first-order valence-electron chi connectivity index (χ1n) is 5.22. The molecule has 0 aliphatic heterocycles. The summed E-state index contributed by atoms with van der Waals surface area (Å²) in [6, 6.07) is 4.80. The number of ether oxygens (including phenoxy) is 2. The molecule has 0 heterocycles. The lowest BCUT2D eigenvalue weighted by Gasteiger charge is -2.08. The molecule has 0 spiro atoms. The van der Waals surface area contributed by atoms with Gasteiger partial charge in [0.1, 0.15) is 0 Å². The molecule has 5 nitrogen and oxygen atoms in total. The number of benzene rings is 1. The lowest BCUT2D eigenvalue weighted by molar-refractivity contribution is -0.133. The van der Waals surface area contributed by atoms with Crippen molar-refractivity contribution in [2.75, 3.05) is 7.11 Å². The second-order valence-electron chi connectivity index (χ2n) is 3.64. The molecule has 0 aliphatic rings. The van der Waals surface area contributed by atoms with Crippen LogP contribution < -0.4 is 9.47 Å². The Morgan fingerprint density at radius 3 is 2.39 bits per heavy atom. The summed E-state index contributed by atoms with van der Waals surface area (Å²) in [6.07, 6.45) is 1.50. The first-order valence-corrected chi connectivity index (χ1v) is 5.22. The number of hydrogen-bond donors (Lipinski definition) is 1. The molecule has 1 N–H and O–H groups in total. The number of hydrogen-bond acceptors (Lipinski definition) is 4. The Morgan fingerprint density at radius 2 is 1.89 bits per heavy atom. The molecule has 18 heavy (non-hydrogen) atoms. The van der Waals surface area contributed by atoms with Gasteiger partial charge < -0.3 is 14.6 Å². The van der Waals surface area contributed by atoms with Crippen LogP contribution in [0.1, 0.15) is 19.4 Å². The van der Waals surface area contributed by atoms with Crippen LogP contribution in [-0.4, -0.2) is 24.2 Å². The molecule has 0 unspecified atom stereocenters. The first-order chi connectivity index (χ1) is 8.43. The number of carboxylic acids is 1. The van der Waals surface area contributed by atoms with Crippen molar-refractivity contribution in [3.05, 3.63) is 29.3 Å². The molecule has 0 amide bonds. The van der Waals surface area contributed by atoms with E-state index < -0.39 is 11.9 Å². The van der Waals surface area contributed by atoms with E-state index in [1.54, 1.807) is 18.2 Å². The van der Waals surface area contributed by atoms with Crippen LogP contribution in [0.2, 0.25) is 0 Å². The molecule has 5 heteroatoms. The monoisotopic (exact) mass is 250 g/mol. The number of carboxylic acid groups (broad SMARTS) is 1. The molecule has 0 saturated heterocycles. The highest BCUT2D eigenvalue weighted by molar-refractivity contribution is 5.91. The van der Waals surface area contributed by atoms with Crippen LogP contribution >= 0.6 is 0 Å². The van der Waals surface area contributed by atoms with Gasteiger partial charge in [0.25, 0.3) is 0 Å². The number of carbonyl (C=O) groups is 2. The van der Waals surface area contributed by atoms with E-state index in [0.717, 1.165) is 0 Å². The summed E-state index contributed by atoms with van der Waals surface area (Å²) in [4.78, 5) is 21.6. The summed E-state index contributed by atoms with van der Waals surface area (Å²) in [7, 11) is 1.44. The van der Waals surface area contributed by atoms with Crippen molar-refractivity contribution in [2.45, 2.75) is 13.8 Å². The van der Waals surface area contributed by atoms with E-state index in [2.05, 4.69) is 0 Å². The molecule has 0 fully saturated rings. The number of aliphatic carboxylic acids is 1. The second kappa shape index (κ2) is 5.86. The van der Waals surface area contributed by atoms with E-state index in [0.29, 0.717) is 17.1 Å². The molecule has 0 atom stereocenters. The van der Waals surface area contributed by atoms with Gasteiger partial charge in [-0.15, -0.1) is 0 Å². The van der Waals surface area contributed by atoms with Gasteiger partial charge in [-0.05, 0) is 30.7 Å². The first kappa shape index (κ1) is 13.8. The highest BCUT2D eigenvalue weighted by Gasteiger charge is 2.08. The Kier molecular flexibility index (Phi) is 4.48. The molecule has 96 valence electrons. The van der Waals surface area contributed by atoms with Crippen LogP contribution in [0.3, 0.4) is 0 Å². The molecule has 1 aromatic rings. The van der Waals surface area contributed by atoms with Gasteiger partial charge in [0.05, 0.1) is 7.11 Å². The highest BCUT2D eigenvalue weighted by atomic mass is 16.6. The van der Waals surface area contributed by atoms with Crippen LogP contribution in [0.25, 0.3) is 6.08 Å². The van der Waals surface area contributed by atoms with Crippen molar-refractivity contribution in [2.24, 2.45) is 0 Å². The maximum atomic E-state index is 10.9. The van der Waals surface area contributed by atoms with Crippen LogP contribution in [0.5, 0.6) is 11.5 Å². The Bertz CT molecular complexity index is 502. The minimum absolute atomic E-state index is 0.206. The lowest BCUT2D eigenvalue weighted by atomic mass is 10.1. The topological polar surface area (TPSA) is 72.8 Å². The third-order valence-electron chi connectivity index (χ3n) is 2.16. The smallest absolute Gasteiger partial charge is 0.331 e. The molecule has 0 bridgehead atoms. The molecular formula is C13H14O5. The van der Waals surface area contributed by atoms with Gasteiger partial charge in [0, 0.05) is 12.5 Å². The van der Waals surface area contributed by atoms with Crippen molar-refractivity contribution in [3.63, 3.8) is 0 Å². The van der Waals surface area contributed by atoms with Crippen molar-refractivity contribution < 1.29 is 24.2 Å². The third kappa shape index (κ3) is 3.62. The van der Waals surface area contributed by atoms with Gasteiger partial charge in [-0.2, -0.15) is 0 Å². The average Bonchev–Trinajstić information content (AvgIpc) is 2.30. The predicted molar refractivity (Wildman–Crippen MR) is 65.6 cm³/mol. The molecule has 0 aliphatic carbocycles. The average molecular weight is 250 g/mol. The molecule has 0 aromatic heterocycles. The standard InChI is InChI=1S/C13H14O5/c1-8(13(15)16)6-10-4-5-11(18-9(2)14)12(7-10)17-3/h4-7H,1-3H3,(H,15,16)/b8-6+. The van der Waals surface area contributed by atoms with E-state index in [-0.39, 0.29) is 5.57 Å². The van der Waals surface area contributed by atoms with Crippen LogP contribution in [-0.2, 0) is 9.59 Å². The Morgan fingerprint density at radius 1 is 1.22 bits per heavy atom. The fourth-order valence-electron chi connectivity index (χ4n) is 1.32. The number of carbonyl (C=O) groups excluding carboxylic acids is 1. The number of rotatable bonds is 4. The maximum Gasteiger partial charge on any atom is 0.331 e. The van der Waals surface area contributed by atoms with Crippen molar-refractivity contribution in [1.82, 2.24) is 0 Å². The molecule has 0 radical (unpaired) electrons. The molecule has 1 rings (SSSR count). The van der Waals surface area contributed by atoms with Crippen LogP contribution in [0, 0.1) is 0 Å². The Hall–Kier alpha value is -2.30. The summed E-state index contributed by atoms with van der Waals surface area (Å²) in [6.45, 7) is 2.79. The van der Waals surface area contributed by atoms with Crippen LogP contribution in [0.15, 0.2) is 23.8 Å². The van der Waals surface area contributed by atoms with E-state index in [9.17, 15) is 9.59 Å². The third-order valence-corrected chi connectivity index (χ3v) is 2.16. The Labute approximate surface area is 105 Å². The summed E-state index contributed by atoms with van der Waals surface area (Å²) >= 11 is 0. The summed E-state index contributed by atoms with van der Waals surface area (Å²) in [5, 5.41) is 8.77. The summed E-state index contributed by atoms with van der Waals surface area (Å²) in [5.41, 5.74) is 0.861. The number of methoxy groups -OCH3 is 1. The lowest BCUT2D eigenvalue weighted by Crippen LogP contribution is -2.03. The Balaban J connectivity index is 3.09. The molecule has 0 saturated carbocycles. The SMILES string of the molecule is COc1cc(/C=C(\C)C(=O)O)ccc1OC(C)=O. The van der Waals surface area contributed by atoms with Crippen molar-refractivity contribution in [3.8, 4) is 11.5 Å². The summed E-state index contributed by atoms with van der Waals surface area (Å²) < 4.78 is 10.0. The van der Waals surface area contributed by atoms with Crippen molar-refractivity contribution >= 4 is 18.0 Å². The van der Waals surface area contributed by atoms with E-state index in [1.807, 2.05) is 0 Å². The van der Waals surface area contributed by atoms with Crippen LogP contribution in [0.4, 0.5) is 0 Å². The highest BCUT2D eigenvalue weighted by Crippen LogP contribution is 2.29. The molecule has 1 aromatic carbocycles. The zero-order valence-corrected chi connectivity index (χ0v) is 10.4. The zero-order chi connectivity index (χ0) is 13.7. The largest absolute Gasteiger partial charge is 0.493 e. The fourth-order valence-corrected chi connectivity index (χ4v) is 1.32. The summed E-state index contributed by atoms with van der Waals surface area (Å²) in [5.74, 6) is -0.761. The minimum Gasteiger partial charge on any atom is -0.493 e. The minimum atomic E-state index is -0.988. The van der Waals surface area contributed by atoms with Gasteiger partial charge in [-0.1, -0.05) is 6.07 Å². The predicted octanol–water partition coefficient (Wildman–Crippen LogP) is 2.11.